The SMILES string of the molecule is CN1CC(NC(=O)c2nc(-c3ccccc3)oc2C(F)(F)F)=CN=C1N1CCC(O)C1. The van der Waals surface area contributed by atoms with E-state index < -0.39 is 29.6 Å². The summed E-state index contributed by atoms with van der Waals surface area (Å²) < 4.78 is 45.3. The number of hydrogen-bond acceptors (Lipinski definition) is 7. The number of oxazole rings is 1. The average molecular weight is 435 g/mol. The van der Waals surface area contributed by atoms with Crippen LogP contribution in [0.3, 0.4) is 0 Å². The van der Waals surface area contributed by atoms with E-state index in [2.05, 4.69) is 15.3 Å². The fourth-order valence-electron chi connectivity index (χ4n) is 3.50. The molecule has 8 nitrogen and oxygen atoms in total. The first-order valence-corrected chi connectivity index (χ1v) is 9.58. The highest BCUT2D eigenvalue weighted by Gasteiger charge is 2.42. The number of alkyl halides is 3. The summed E-state index contributed by atoms with van der Waals surface area (Å²) in [5, 5.41) is 12.1. The van der Waals surface area contributed by atoms with Crippen LogP contribution in [0.2, 0.25) is 0 Å². The molecule has 3 heterocycles. The van der Waals surface area contributed by atoms with Crippen molar-refractivity contribution < 1.29 is 27.5 Å². The first-order chi connectivity index (χ1) is 14.7. The maximum atomic E-state index is 13.4. The van der Waals surface area contributed by atoms with Gasteiger partial charge in [-0.05, 0) is 18.6 Å². The Bertz CT molecular complexity index is 1030. The first-order valence-electron chi connectivity index (χ1n) is 9.58. The largest absolute Gasteiger partial charge is 0.452 e. The van der Waals surface area contributed by atoms with Gasteiger partial charge in [0.1, 0.15) is 0 Å². The van der Waals surface area contributed by atoms with Crippen LogP contribution in [0.5, 0.6) is 0 Å². The molecule has 2 N–H and O–H groups in total. The smallest absolute Gasteiger partial charge is 0.431 e. The van der Waals surface area contributed by atoms with E-state index in [1.807, 2.05) is 4.90 Å². The summed E-state index contributed by atoms with van der Waals surface area (Å²) in [5.41, 5.74) is -0.202. The van der Waals surface area contributed by atoms with E-state index >= 15 is 0 Å². The van der Waals surface area contributed by atoms with Crippen LogP contribution < -0.4 is 5.32 Å². The van der Waals surface area contributed by atoms with Crippen molar-refractivity contribution in [3.8, 4) is 11.5 Å². The van der Waals surface area contributed by atoms with Crippen molar-refractivity contribution in [3.63, 3.8) is 0 Å². The number of aromatic nitrogens is 1. The van der Waals surface area contributed by atoms with Crippen LogP contribution in [0, 0.1) is 0 Å². The second-order valence-corrected chi connectivity index (χ2v) is 7.34. The standard InChI is InChI=1S/C20H20F3N5O3/c1-27-10-13(9-24-19(27)28-8-7-14(29)11-28)25-17(30)15-16(20(21,22)23)31-18(26-15)12-5-3-2-4-6-12/h2-6,9,14,29H,7-8,10-11H2,1H3,(H,25,30). The summed E-state index contributed by atoms with van der Waals surface area (Å²) in [4.78, 5) is 24.4. The molecule has 1 unspecified atom stereocenters. The molecule has 0 aliphatic carbocycles. The first kappa shape index (κ1) is 20.9. The van der Waals surface area contributed by atoms with Crippen molar-refractivity contribution in [3.05, 3.63) is 53.7 Å². The van der Waals surface area contributed by atoms with Gasteiger partial charge in [-0.15, -0.1) is 0 Å². The number of amides is 1. The normalized spacial score (nSPS) is 19.3. The molecule has 11 heteroatoms. The van der Waals surface area contributed by atoms with Crippen molar-refractivity contribution in [2.75, 3.05) is 26.7 Å². The Hall–Kier alpha value is -3.34. The number of likely N-dealkylation sites (tertiary alicyclic amines) is 1. The van der Waals surface area contributed by atoms with Gasteiger partial charge in [-0.3, -0.25) is 4.79 Å². The highest BCUT2D eigenvalue weighted by Crippen LogP contribution is 2.35. The highest BCUT2D eigenvalue weighted by molar-refractivity contribution is 5.95. The van der Waals surface area contributed by atoms with E-state index in [1.54, 1.807) is 30.1 Å². The Balaban J connectivity index is 1.56. The molecule has 31 heavy (non-hydrogen) atoms. The minimum absolute atomic E-state index is 0.224. The van der Waals surface area contributed by atoms with E-state index in [4.69, 9.17) is 4.42 Å². The predicted octanol–water partition coefficient (Wildman–Crippen LogP) is 2.30. The monoisotopic (exact) mass is 435 g/mol. The summed E-state index contributed by atoms with van der Waals surface area (Å²) in [6.07, 6.45) is -3.28. The quantitative estimate of drug-likeness (QED) is 0.769. The Kier molecular flexibility index (Phi) is 5.44. The second-order valence-electron chi connectivity index (χ2n) is 7.34. The van der Waals surface area contributed by atoms with E-state index in [0.717, 1.165) is 0 Å². The van der Waals surface area contributed by atoms with Crippen molar-refractivity contribution >= 4 is 11.9 Å². The molecule has 4 rings (SSSR count). The van der Waals surface area contributed by atoms with Crippen molar-refractivity contribution in [1.82, 2.24) is 20.1 Å². The summed E-state index contributed by atoms with van der Waals surface area (Å²) in [6, 6.07) is 8.04. The van der Waals surface area contributed by atoms with Gasteiger partial charge in [0, 0.05) is 25.7 Å². The van der Waals surface area contributed by atoms with Gasteiger partial charge in [0.2, 0.25) is 17.6 Å². The minimum atomic E-state index is -4.88. The number of halogens is 3. The van der Waals surface area contributed by atoms with Gasteiger partial charge in [0.05, 0.1) is 24.5 Å². The number of benzene rings is 1. The number of β-amino-alcohol motifs (C(OH)–C–C–N with tert-alkyl or cyclic N) is 1. The van der Waals surface area contributed by atoms with E-state index in [9.17, 15) is 23.1 Å². The van der Waals surface area contributed by atoms with Crippen LogP contribution in [0.4, 0.5) is 13.2 Å². The fourth-order valence-corrected chi connectivity index (χ4v) is 3.50. The van der Waals surface area contributed by atoms with E-state index in [1.165, 1.54) is 18.3 Å². The number of hydrogen-bond donors (Lipinski definition) is 2. The lowest BCUT2D eigenvalue weighted by molar-refractivity contribution is -0.153. The Morgan fingerprint density at radius 1 is 1.29 bits per heavy atom. The second kappa shape index (κ2) is 8.06. The van der Waals surface area contributed by atoms with Crippen LogP contribution in [-0.2, 0) is 6.18 Å². The minimum Gasteiger partial charge on any atom is -0.431 e. The average Bonchev–Trinajstić information content (AvgIpc) is 3.35. The molecular weight excluding hydrogens is 415 g/mol. The molecule has 2 aliphatic rings. The van der Waals surface area contributed by atoms with Crippen molar-refractivity contribution in [1.29, 1.82) is 0 Å². The zero-order chi connectivity index (χ0) is 22.2. The van der Waals surface area contributed by atoms with E-state index in [-0.39, 0.29) is 12.4 Å². The summed E-state index contributed by atoms with van der Waals surface area (Å²) in [5.74, 6) is -2.16. The molecule has 0 radical (unpaired) electrons. The van der Waals surface area contributed by atoms with Gasteiger partial charge in [-0.2, -0.15) is 13.2 Å². The Morgan fingerprint density at radius 2 is 2.03 bits per heavy atom. The molecule has 1 atom stereocenters. The van der Waals surface area contributed by atoms with Crippen LogP contribution in [0.25, 0.3) is 11.5 Å². The van der Waals surface area contributed by atoms with Gasteiger partial charge < -0.3 is 24.6 Å². The van der Waals surface area contributed by atoms with Crippen LogP contribution >= 0.6 is 0 Å². The molecule has 0 spiro atoms. The molecule has 2 aromatic rings. The number of aliphatic hydroxyl groups excluding tert-OH is 1. The Labute approximate surface area is 175 Å². The van der Waals surface area contributed by atoms with Gasteiger partial charge in [-0.1, -0.05) is 18.2 Å². The lowest BCUT2D eigenvalue weighted by Crippen LogP contribution is -2.45. The zero-order valence-corrected chi connectivity index (χ0v) is 16.6. The van der Waals surface area contributed by atoms with Crippen molar-refractivity contribution in [2.45, 2.75) is 18.7 Å². The lowest BCUT2D eigenvalue weighted by Gasteiger charge is -2.31. The third-order valence-corrected chi connectivity index (χ3v) is 4.93. The molecule has 1 saturated heterocycles. The van der Waals surface area contributed by atoms with Crippen molar-refractivity contribution in [2.24, 2.45) is 4.99 Å². The maximum Gasteiger partial charge on any atom is 0.452 e. The number of aliphatic hydroxyl groups is 1. The number of aliphatic imine (C=N–C) groups is 1. The molecule has 0 bridgehead atoms. The van der Waals surface area contributed by atoms with Gasteiger partial charge in [-0.25, -0.2) is 9.98 Å². The molecule has 1 amide bonds. The number of carbonyl (C=O) groups is 1. The maximum absolute atomic E-state index is 13.4. The molecule has 0 saturated carbocycles. The number of nitrogens with zero attached hydrogens (tertiary/aromatic N) is 4. The number of carbonyl (C=O) groups excluding carboxylic acids is 1. The topological polar surface area (TPSA) is 94.2 Å². The number of likely N-dealkylation sites (N-methyl/N-ethyl adjacent to an activating group) is 1. The fraction of sp³-hybridized carbons (Fsp3) is 0.350. The number of rotatable bonds is 3. The van der Waals surface area contributed by atoms with Crippen LogP contribution in [-0.4, -0.2) is 64.5 Å². The number of guanidine groups is 1. The third kappa shape index (κ3) is 4.41. The van der Waals surface area contributed by atoms with Gasteiger partial charge in [0.25, 0.3) is 5.91 Å². The zero-order valence-electron chi connectivity index (χ0n) is 16.6. The molecular formula is C20H20F3N5O3. The van der Waals surface area contributed by atoms with Crippen LogP contribution in [0.15, 0.2) is 51.6 Å². The van der Waals surface area contributed by atoms with Crippen LogP contribution in [0.1, 0.15) is 22.7 Å². The Morgan fingerprint density at radius 3 is 2.65 bits per heavy atom. The number of nitrogens with one attached hydrogen (secondary N) is 1. The summed E-state index contributed by atoms with van der Waals surface area (Å²) >= 11 is 0. The van der Waals surface area contributed by atoms with Gasteiger partial charge in [0.15, 0.2) is 5.69 Å². The molecule has 2 aliphatic heterocycles. The molecule has 1 aromatic carbocycles. The summed E-state index contributed by atoms with van der Waals surface area (Å²) in [6.45, 7) is 1.33. The lowest BCUT2D eigenvalue weighted by atomic mass is 10.2. The predicted molar refractivity (Wildman–Crippen MR) is 105 cm³/mol. The molecule has 1 aromatic heterocycles. The molecule has 1 fully saturated rings. The van der Waals surface area contributed by atoms with Gasteiger partial charge >= 0.3 is 6.18 Å². The van der Waals surface area contributed by atoms with E-state index in [0.29, 0.717) is 36.7 Å². The highest BCUT2D eigenvalue weighted by atomic mass is 19.4. The summed E-state index contributed by atoms with van der Waals surface area (Å²) in [7, 11) is 1.74. The molecule has 164 valence electrons. The third-order valence-electron chi connectivity index (χ3n) is 4.93.